The number of carbonyl (C=O) groups is 3. The van der Waals surface area contributed by atoms with Crippen molar-refractivity contribution < 1.29 is 19.5 Å². The zero-order valence-electron chi connectivity index (χ0n) is 15.2. The zero-order chi connectivity index (χ0) is 19.1. The maximum Gasteiger partial charge on any atom is 0.308 e. The minimum Gasteiger partial charge on any atom is -0.481 e. The summed E-state index contributed by atoms with van der Waals surface area (Å²) in [5, 5.41) is 14.8. The molecule has 1 saturated heterocycles. The van der Waals surface area contributed by atoms with Crippen molar-refractivity contribution in [2.45, 2.75) is 13.3 Å². The number of rotatable bonds is 7. The first kappa shape index (κ1) is 19.9. The number of amides is 2. The van der Waals surface area contributed by atoms with Gasteiger partial charge < -0.3 is 20.6 Å². The molecular formula is C18H26N4O4. The van der Waals surface area contributed by atoms with Crippen LogP contribution in [0.4, 0.5) is 11.4 Å². The number of carbonyl (C=O) groups excluding carboxylic acids is 2. The van der Waals surface area contributed by atoms with E-state index in [-0.39, 0.29) is 18.2 Å². The Kier molecular flexibility index (Phi) is 7.11. The molecule has 0 aliphatic carbocycles. The van der Waals surface area contributed by atoms with E-state index in [0.29, 0.717) is 17.9 Å². The van der Waals surface area contributed by atoms with Crippen LogP contribution < -0.4 is 10.6 Å². The largest absolute Gasteiger partial charge is 0.481 e. The van der Waals surface area contributed by atoms with Crippen molar-refractivity contribution in [3.63, 3.8) is 0 Å². The van der Waals surface area contributed by atoms with Crippen molar-refractivity contribution in [3.8, 4) is 0 Å². The van der Waals surface area contributed by atoms with Gasteiger partial charge >= 0.3 is 5.97 Å². The van der Waals surface area contributed by atoms with Crippen molar-refractivity contribution in [2.75, 3.05) is 50.4 Å². The van der Waals surface area contributed by atoms with E-state index in [9.17, 15) is 19.5 Å². The number of carboxylic acid groups (broad SMARTS) is 1. The van der Waals surface area contributed by atoms with Crippen LogP contribution in [0.15, 0.2) is 24.3 Å². The summed E-state index contributed by atoms with van der Waals surface area (Å²) in [7, 11) is 2.04. The van der Waals surface area contributed by atoms with Crippen molar-refractivity contribution in [1.82, 2.24) is 9.80 Å². The Morgan fingerprint density at radius 3 is 2.31 bits per heavy atom. The van der Waals surface area contributed by atoms with E-state index < -0.39 is 11.9 Å². The van der Waals surface area contributed by atoms with Gasteiger partial charge in [0.05, 0.1) is 5.92 Å². The molecule has 1 heterocycles. The molecule has 0 spiro atoms. The van der Waals surface area contributed by atoms with Gasteiger partial charge in [-0.3, -0.25) is 19.3 Å². The predicted octanol–water partition coefficient (Wildman–Crippen LogP) is 0.922. The topological polar surface area (TPSA) is 102 Å². The summed E-state index contributed by atoms with van der Waals surface area (Å²) in [4.78, 5) is 39.2. The number of nitrogens with one attached hydrogen (secondary N) is 2. The standard InChI is InChI=1S/C18H26N4O4/c1-13(23)19-15-4-3-5-16(11-15)20-17(24)10-14(18(25)26)12-22-8-6-21(2)7-9-22/h3-5,11,14H,6-10,12H2,1-2H3,(H,19,23)(H,20,24)(H,25,26)/t14-/m1/s1. The maximum absolute atomic E-state index is 12.3. The van der Waals surface area contributed by atoms with E-state index in [0.717, 1.165) is 26.2 Å². The summed E-state index contributed by atoms with van der Waals surface area (Å²) in [6.07, 6.45) is -0.0912. The third-order valence-electron chi connectivity index (χ3n) is 4.32. The molecule has 0 aromatic heterocycles. The third kappa shape index (κ3) is 6.45. The lowest BCUT2D eigenvalue weighted by atomic mass is 10.0. The molecule has 0 radical (unpaired) electrons. The second-order valence-electron chi connectivity index (χ2n) is 6.65. The first-order chi connectivity index (χ1) is 12.3. The Morgan fingerprint density at radius 1 is 1.12 bits per heavy atom. The van der Waals surface area contributed by atoms with E-state index >= 15 is 0 Å². The highest BCUT2D eigenvalue weighted by Crippen LogP contribution is 2.17. The van der Waals surface area contributed by atoms with Gasteiger partial charge in [-0.05, 0) is 25.2 Å². The van der Waals surface area contributed by atoms with Gasteiger partial charge in [0.2, 0.25) is 11.8 Å². The molecule has 8 nitrogen and oxygen atoms in total. The molecule has 1 aliphatic heterocycles. The van der Waals surface area contributed by atoms with E-state index in [1.807, 2.05) is 7.05 Å². The van der Waals surface area contributed by atoms with Gasteiger partial charge in [0.1, 0.15) is 0 Å². The first-order valence-electron chi connectivity index (χ1n) is 8.64. The lowest BCUT2D eigenvalue weighted by Crippen LogP contribution is -2.47. The Labute approximate surface area is 153 Å². The molecule has 3 N–H and O–H groups in total. The number of aliphatic carboxylic acids is 1. The first-order valence-corrected chi connectivity index (χ1v) is 8.64. The highest BCUT2D eigenvalue weighted by atomic mass is 16.4. The smallest absolute Gasteiger partial charge is 0.308 e. The lowest BCUT2D eigenvalue weighted by Gasteiger charge is -2.33. The number of hydrogen-bond donors (Lipinski definition) is 3. The van der Waals surface area contributed by atoms with Crippen molar-refractivity contribution in [3.05, 3.63) is 24.3 Å². The van der Waals surface area contributed by atoms with E-state index in [4.69, 9.17) is 0 Å². The molecular weight excluding hydrogens is 336 g/mol. The average Bonchev–Trinajstić information content (AvgIpc) is 2.55. The molecule has 1 aromatic rings. The van der Waals surface area contributed by atoms with Gasteiger partial charge in [-0.15, -0.1) is 0 Å². The molecule has 1 aliphatic rings. The molecule has 142 valence electrons. The zero-order valence-corrected chi connectivity index (χ0v) is 15.2. The van der Waals surface area contributed by atoms with Crippen LogP contribution in [-0.4, -0.2) is 72.5 Å². The summed E-state index contributed by atoms with van der Waals surface area (Å²) in [6, 6.07) is 6.75. The van der Waals surface area contributed by atoms with E-state index in [1.165, 1.54) is 6.92 Å². The lowest BCUT2D eigenvalue weighted by molar-refractivity contribution is -0.144. The second kappa shape index (κ2) is 9.30. The van der Waals surface area contributed by atoms with Gasteiger partial charge in [0, 0.05) is 57.4 Å². The van der Waals surface area contributed by atoms with Gasteiger partial charge in [-0.25, -0.2) is 0 Å². The van der Waals surface area contributed by atoms with Crippen LogP contribution in [-0.2, 0) is 14.4 Å². The minimum absolute atomic E-state index is 0.0912. The Morgan fingerprint density at radius 2 is 1.73 bits per heavy atom. The SMILES string of the molecule is CC(=O)Nc1cccc(NC(=O)C[C@H](CN2CCN(C)CC2)C(=O)O)c1. The molecule has 1 atom stereocenters. The maximum atomic E-state index is 12.3. The number of anilines is 2. The quantitative estimate of drug-likeness (QED) is 0.667. The van der Waals surface area contributed by atoms with Crippen LogP contribution in [0.2, 0.25) is 0 Å². The molecule has 1 fully saturated rings. The van der Waals surface area contributed by atoms with Crippen molar-refractivity contribution in [2.24, 2.45) is 5.92 Å². The number of piperazine rings is 1. The number of hydrogen-bond acceptors (Lipinski definition) is 5. The summed E-state index contributed by atoms with van der Waals surface area (Å²) in [6.45, 7) is 5.17. The van der Waals surface area contributed by atoms with E-state index in [1.54, 1.807) is 24.3 Å². The van der Waals surface area contributed by atoms with Crippen LogP contribution in [0.25, 0.3) is 0 Å². The third-order valence-corrected chi connectivity index (χ3v) is 4.32. The number of nitrogens with zero attached hydrogens (tertiary/aromatic N) is 2. The second-order valence-corrected chi connectivity index (χ2v) is 6.65. The molecule has 2 amide bonds. The van der Waals surface area contributed by atoms with Crippen LogP contribution >= 0.6 is 0 Å². The van der Waals surface area contributed by atoms with Gasteiger partial charge in [-0.2, -0.15) is 0 Å². The van der Waals surface area contributed by atoms with Crippen LogP contribution in [0.1, 0.15) is 13.3 Å². The van der Waals surface area contributed by atoms with Crippen LogP contribution in [0, 0.1) is 5.92 Å². The van der Waals surface area contributed by atoms with E-state index in [2.05, 4.69) is 20.4 Å². The van der Waals surface area contributed by atoms with Gasteiger partial charge in [0.25, 0.3) is 0 Å². The molecule has 2 rings (SSSR count). The number of carboxylic acids is 1. The Bertz CT molecular complexity index is 656. The summed E-state index contributed by atoms with van der Waals surface area (Å²) in [5.74, 6) is -2.28. The Balaban J connectivity index is 1.91. The van der Waals surface area contributed by atoms with Crippen molar-refractivity contribution in [1.29, 1.82) is 0 Å². The fraction of sp³-hybridized carbons (Fsp3) is 0.500. The highest BCUT2D eigenvalue weighted by Gasteiger charge is 2.25. The Hall–Kier alpha value is -2.45. The average molecular weight is 362 g/mol. The molecule has 26 heavy (non-hydrogen) atoms. The van der Waals surface area contributed by atoms with Gasteiger partial charge in [0.15, 0.2) is 0 Å². The number of likely N-dealkylation sites (N-methyl/N-ethyl adjacent to an activating group) is 1. The van der Waals surface area contributed by atoms with Crippen LogP contribution in [0.5, 0.6) is 0 Å². The fourth-order valence-corrected chi connectivity index (χ4v) is 2.89. The molecule has 0 unspecified atom stereocenters. The molecule has 1 aromatic carbocycles. The summed E-state index contributed by atoms with van der Waals surface area (Å²) >= 11 is 0. The van der Waals surface area contributed by atoms with Crippen LogP contribution in [0.3, 0.4) is 0 Å². The van der Waals surface area contributed by atoms with Crippen molar-refractivity contribution >= 4 is 29.2 Å². The normalized spacial score (nSPS) is 16.7. The summed E-state index contributed by atoms with van der Waals surface area (Å²) < 4.78 is 0. The predicted molar refractivity (Wildman–Crippen MR) is 99.1 cm³/mol. The monoisotopic (exact) mass is 362 g/mol. The highest BCUT2D eigenvalue weighted by molar-refractivity contribution is 5.94. The molecule has 8 heteroatoms. The number of benzene rings is 1. The van der Waals surface area contributed by atoms with Gasteiger partial charge in [-0.1, -0.05) is 6.07 Å². The fourth-order valence-electron chi connectivity index (χ4n) is 2.89. The molecule has 0 saturated carbocycles. The molecule has 0 bridgehead atoms. The minimum atomic E-state index is -0.967. The summed E-state index contributed by atoms with van der Waals surface area (Å²) in [5.41, 5.74) is 1.09.